The molecule has 1 aromatic carbocycles. The van der Waals surface area contributed by atoms with Gasteiger partial charge in [-0.3, -0.25) is 9.59 Å². The summed E-state index contributed by atoms with van der Waals surface area (Å²) in [4.78, 5) is 22.9. The first kappa shape index (κ1) is 12.8. The molecule has 0 saturated heterocycles. The van der Waals surface area contributed by atoms with E-state index in [0.29, 0.717) is 19.4 Å². The zero-order valence-electron chi connectivity index (χ0n) is 9.14. The summed E-state index contributed by atoms with van der Waals surface area (Å²) in [5.41, 5.74) is 0. The van der Waals surface area contributed by atoms with Crippen LogP contribution in [-0.2, 0) is 14.3 Å². The zero-order valence-corrected chi connectivity index (χ0v) is 9.96. The molecule has 0 amide bonds. The van der Waals surface area contributed by atoms with Crippen LogP contribution in [-0.4, -0.2) is 17.7 Å². The molecule has 1 rings (SSSR count). The molecule has 3 nitrogen and oxygen atoms in total. The van der Waals surface area contributed by atoms with Crippen molar-refractivity contribution in [2.24, 2.45) is 0 Å². The average molecular weight is 238 g/mol. The fourth-order valence-corrected chi connectivity index (χ4v) is 1.91. The third kappa shape index (κ3) is 5.56. The molecular formula is C12H14O3S. The number of carbonyl (C=O) groups excluding carboxylic acids is 2. The van der Waals surface area contributed by atoms with Crippen molar-refractivity contribution < 1.29 is 14.3 Å². The molecule has 0 bridgehead atoms. The Morgan fingerprint density at radius 2 is 1.94 bits per heavy atom. The van der Waals surface area contributed by atoms with Crippen molar-refractivity contribution in [2.45, 2.75) is 24.7 Å². The lowest BCUT2D eigenvalue weighted by Gasteiger charge is -2.01. The number of hydrogen-bond acceptors (Lipinski definition) is 4. The van der Waals surface area contributed by atoms with Crippen molar-refractivity contribution >= 4 is 22.8 Å². The Morgan fingerprint density at radius 1 is 1.25 bits per heavy atom. The van der Waals surface area contributed by atoms with E-state index >= 15 is 0 Å². The maximum Gasteiger partial charge on any atom is 0.302 e. The molecule has 0 saturated carbocycles. The van der Waals surface area contributed by atoms with E-state index in [9.17, 15) is 9.59 Å². The molecule has 16 heavy (non-hydrogen) atoms. The van der Waals surface area contributed by atoms with Gasteiger partial charge in [0.25, 0.3) is 0 Å². The van der Waals surface area contributed by atoms with E-state index in [1.165, 1.54) is 18.7 Å². The summed E-state index contributed by atoms with van der Waals surface area (Å²) in [6.07, 6.45) is 1.01. The highest BCUT2D eigenvalue weighted by Gasteiger charge is 2.04. The van der Waals surface area contributed by atoms with Gasteiger partial charge in [0.2, 0.25) is 0 Å². The maximum absolute atomic E-state index is 11.5. The van der Waals surface area contributed by atoms with Crippen molar-refractivity contribution in [1.29, 1.82) is 0 Å². The highest BCUT2D eigenvalue weighted by atomic mass is 32.2. The lowest BCUT2D eigenvalue weighted by atomic mass is 10.3. The first-order valence-corrected chi connectivity index (χ1v) is 5.89. The van der Waals surface area contributed by atoms with Crippen molar-refractivity contribution in [3.05, 3.63) is 30.3 Å². The van der Waals surface area contributed by atoms with Gasteiger partial charge in [0.15, 0.2) is 5.12 Å². The van der Waals surface area contributed by atoms with Gasteiger partial charge in [-0.1, -0.05) is 30.0 Å². The van der Waals surface area contributed by atoms with E-state index in [4.69, 9.17) is 4.74 Å². The van der Waals surface area contributed by atoms with E-state index in [1.807, 2.05) is 30.3 Å². The second-order valence-corrected chi connectivity index (χ2v) is 4.36. The number of rotatable bonds is 5. The van der Waals surface area contributed by atoms with Crippen LogP contribution in [0.3, 0.4) is 0 Å². The van der Waals surface area contributed by atoms with Gasteiger partial charge in [-0.05, 0) is 18.6 Å². The van der Waals surface area contributed by atoms with Gasteiger partial charge in [-0.15, -0.1) is 0 Å². The first-order chi connectivity index (χ1) is 7.68. The molecule has 0 radical (unpaired) electrons. The van der Waals surface area contributed by atoms with Crippen LogP contribution in [0.25, 0.3) is 0 Å². The molecule has 0 fully saturated rings. The van der Waals surface area contributed by atoms with Crippen LogP contribution < -0.4 is 0 Å². The molecule has 0 heterocycles. The van der Waals surface area contributed by atoms with Crippen LogP contribution in [0.4, 0.5) is 0 Å². The Kier molecular flexibility index (Phi) is 5.64. The molecule has 0 N–H and O–H groups in total. The number of ether oxygens (including phenoxy) is 1. The van der Waals surface area contributed by atoms with Crippen molar-refractivity contribution in [3.63, 3.8) is 0 Å². The van der Waals surface area contributed by atoms with Gasteiger partial charge in [-0.25, -0.2) is 0 Å². The molecule has 86 valence electrons. The van der Waals surface area contributed by atoms with Crippen molar-refractivity contribution in [2.75, 3.05) is 6.61 Å². The third-order valence-corrected chi connectivity index (χ3v) is 2.75. The van der Waals surface area contributed by atoms with Crippen LogP contribution >= 0.6 is 11.8 Å². The minimum absolute atomic E-state index is 0.0957. The number of thioether (sulfide) groups is 1. The van der Waals surface area contributed by atoms with Crippen LogP contribution in [0.1, 0.15) is 19.8 Å². The van der Waals surface area contributed by atoms with Crippen LogP contribution in [0, 0.1) is 0 Å². The minimum atomic E-state index is -0.303. The van der Waals surface area contributed by atoms with Crippen LogP contribution in [0.5, 0.6) is 0 Å². The van der Waals surface area contributed by atoms with Gasteiger partial charge < -0.3 is 4.74 Å². The fourth-order valence-electron chi connectivity index (χ4n) is 1.10. The number of carbonyl (C=O) groups is 2. The molecular weight excluding hydrogens is 224 g/mol. The standard InChI is InChI=1S/C12H14O3S/c1-10(13)15-9-5-8-12(14)16-11-6-3-2-4-7-11/h2-4,6-7H,5,8-9H2,1H3. The summed E-state index contributed by atoms with van der Waals surface area (Å²) in [6, 6.07) is 9.50. The molecule has 0 unspecified atom stereocenters. The highest BCUT2D eigenvalue weighted by Crippen LogP contribution is 2.19. The van der Waals surface area contributed by atoms with Crippen molar-refractivity contribution in [1.82, 2.24) is 0 Å². The quantitative estimate of drug-likeness (QED) is 0.449. The van der Waals surface area contributed by atoms with Gasteiger partial charge in [0.05, 0.1) is 6.61 Å². The van der Waals surface area contributed by atoms with Crippen LogP contribution in [0.15, 0.2) is 35.2 Å². The largest absolute Gasteiger partial charge is 0.466 e. The molecule has 0 aliphatic rings. The summed E-state index contributed by atoms with van der Waals surface area (Å²) in [6.45, 7) is 1.68. The smallest absolute Gasteiger partial charge is 0.302 e. The van der Waals surface area contributed by atoms with E-state index in [0.717, 1.165) is 4.90 Å². The fraction of sp³-hybridized carbons (Fsp3) is 0.333. The zero-order chi connectivity index (χ0) is 11.8. The average Bonchev–Trinajstić information content (AvgIpc) is 2.25. The predicted molar refractivity (Wildman–Crippen MR) is 63.2 cm³/mol. The predicted octanol–water partition coefficient (Wildman–Crippen LogP) is 2.65. The Labute approximate surface area is 99.2 Å². The summed E-state index contributed by atoms with van der Waals surface area (Å²) >= 11 is 1.22. The molecule has 0 atom stereocenters. The summed E-state index contributed by atoms with van der Waals surface area (Å²) in [5.74, 6) is -0.303. The Balaban J connectivity index is 2.19. The molecule has 1 aromatic rings. The van der Waals surface area contributed by atoms with Gasteiger partial charge in [0, 0.05) is 18.2 Å². The third-order valence-electron chi connectivity index (χ3n) is 1.81. The lowest BCUT2D eigenvalue weighted by molar-refractivity contribution is -0.141. The summed E-state index contributed by atoms with van der Waals surface area (Å²) in [7, 11) is 0. The van der Waals surface area contributed by atoms with E-state index in [-0.39, 0.29) is 11.1 Å². The Hall–Kier alpha value is -1.29. The summed E-state index contributed by atoms with van der Waals surface area (Å²) in [5, 5.41) is 0.0957. The van der Waals surface area contributed by atoms with Crippen molar-refractivity contribution in [3.8, 4) is 0 Å². The topological polar surface area (TPSA) is 43.4 Å². The second kappa shape index (κ2) is 7.06. The second-order valence-electron chi connectivity index (χ2n) is 3.23. The van der Waals surface area contributed by atoms with Gasteiger partial charge >= 0.3 is 5.97 Å². The Bertz CT molecular complexity index is 349. The molecule has 0 aliphatic heterocycles. The molecule has 0 aliphatic carbocycles. The molecule has 0 aromatic heterocycles. The number of esters is 1. The van der Waals surface area contributed by atoms with E-state index < -0.39 is 0 Å². The van der Waals surface area contributed by atoms with Gasteiger partial charge in [-0.2, -0.15) is 0 Å². The van der Waals surface area contributed by atoms with Gasteiger partial charge in [0.1, 0.15) is 0 Å². The number of benzene rings is 1. The first-order valence-electron chi connectivity index (χ1n) is 5.07. The Morgan fingerprint density at radius 3 is 2.56 bits per heavy atom. The number of hydrogen-bond donors (Lipinski definition) is 0. The van der Waals surface area contributed by atoms with Crippen LogP contribution in [0.2, 0.25) is 0 Å². The van der Waals surface area contributed by atoms with E-state index in [1.54, 1.807) is 0 Å². The van der Waals surface area contributed by atoms with E-state index in [2.05, 4.69) is 0 Å². The lowest BCUT2D eigenvalue weighted by Crippen LogP contribution is -2.02. The normalized spacial score (nSPS) is 9.81. The molecule has 4 heteroatoms. The minimum Gasteiger partial charge on any atom is -0.466 e. The monoisotopic (exact) mass is 238 g/mol. The summed E-state index contributed by atoms with van der Waals surface area (Å²) < 4.78 is 4.74. The highest BCUT2D eigenvalue weighted by molar-refractivity contribution is 8.13. The SMILES string of the molecule is CC(=O)OCCCC(=O)Sc1ccccc1. The maximum atomic E-state index is 11.5. The molecule has 0 spiro atoms.